The molecule has 0 saturated carbocycles. The van der Waals surface area contributed by atoms with Crippen molar-refractivity contribution in [1.82, 2.24) is 5.32 Å². The van der Waals surface area contributed by atoms with Crippen LogP contribution in [0.5, 0.6) is 11.5 Å². The van der Waals surface area contributed by atoms with E-state index in [0.29, 0.717) is 28.5 Å². The number of nitrogens with zero attached hydrogens (tertiary/aromatic N) is 1. The lowest BCUT2D eigenvalue weighted by atomic mass is 10.0. The number of ether oxygens (including phenoxy) is 2. The Labute approximate surface area is 205 Å². The molecule has 1 aliphatic heterocycles. The number of nitrogens with one attached hydrogen (secondary N) is 1. The van der Waals surface area contributed by atoms with Gasteiger partial charge in [0.15, 0.2) is 5.11 Å². The first-order valence-corrected chi connectivity index (χ1v) is 10.7. The largest absolute Gasteiger partial charge is 0.497 e. The van der Waals surface area contributed by atoms with E-state index in [0.717, 1.165) is 10.5 Å². The fourth-order valence-corrected chi connectivity index (χ4v) is 3.86. The fourth-order valence-electron chi connectivity index (χ4n) is 3.58. The van der Waals surface area contributed by atoms with Gasteiger partial charge in [-0.15, -0.1) is 0 Å². The number of methoxy groups -OCH3 is 2. The Kier molecular flexibility index (Phi) is 6.39. The molecular formula is C25H20N2O7S. The second-order valence-electron chi connectivity index (χ2n) is 7.53. The third-order valence-electron chi connectivity index (χ3n) is 5.39. The number of rotatable bonds is 6. The first-order chi connectivity index (χ1) is 16.7. The third kappa shape index (κ3) is 4.51. The molecule has 2 heterocycles. The van der Waals surface area contributed by atoms with E-state index in [1.165, 1.54) is 32.4 Å². The number of thiocarbonyl (C=S) groups is 1. The molecule has 1 aliphatic rings. The van der Waals surface area contributed by atoms with Gasteiger partial charge in [-0.3, -0.25) is 14.9 Å². The lowest BCUT2D eigenvalue weighted by Gasteiger charge is -2.29. The minimum absolute atomic E-state index is 0.0955. The maximum Gasteiger partial charge on any atom is 0.335 e. The molecule has 3 aromatic rings. The van der Waals surface area contributed by atoms with Gasteiger partial charge in [0.05, 0.1) is 25.5 Å². The van der Waals surface area contributed by atoms with Crippen molar-refractivity contribution in [3.63, 3.8) is 0 Å². The van der Waals surface area contributed by atoms with Crippen LogP contribution in [-0.4, -0.2) is 42.2 Å². The van der Waals surface area contributed by atoms with Gasteiger partial charge in [0.2, 0.25) is 0 Å². The van der Waals surface area contributed by atoms with Gasteiger partial charge in [-0.1, -0.05) is 6.07 Å². The van der Waals surface area contributed by atoms with Gasteiger partial charge < -0.3 is 19.0 Å². The Morgan fingerprint density at radius 1 is 1.09 bits per heavy atom. The molecule has 0 spiro atoms. The van der Waals surface area contributed by atoms with Crippen LogP contribution in [0.25, 0.3) is 17.4 Å². The Morgan fingerprint density at radius 3 is 2.54 bits per heavy atom. The molecule has 35 heavy (non-hydrogen) atoms. The molecule has 0 bridgehead atoms. The van der Waals surface area contributed by atoms with Crippen LogP contribution < -0.4 is 19.7 Å². The van der Waals surface area contributed by atoms with E-state index in [1.54, 1.807) is 36.4 Å². The van der Waals surface area contributed by atoms with E-state index in [-0.39, 0.29) is 22.0 Å². The summed E-state index contributed by atoms with van der Waals surface area (Å²) in [5, 5.41) is 11.7. The first-order valence-electron chi connectivity index (χ1n) is 10.3. The summed E-state index contributed by atoms with van der Waals surface area (Å²) in [7, 11) is 2.94. The summed E-state index contributed by atoms with van der Waals surface area (Å²) in [6, 6.07) is 12.7. The van der Waals surface area contributed by atoms with Crippen molar-refractivity contribution in [2.24, 2.45) is 0 Å². The van der Waals surface area contributed by atoms with Crippen molar-refractivity contribution >= 4 is 46.9 Å². The maximum absolute atomic E-state index is 13.3. The van der Waals surface area contributed by atoms with Crippen molar-refractivity contribution in [3.05, 3.63) is 71.0 Å². The van der Waals surface area contributed by atoms with E-state index in [4.69, 9.17) is 26.1 Å². The Hall–Kier alpha value is -4.44. The van der Waals surface area contributed by atoms with Crippen LogP contribution in [0.2, 0.25) is 0 Å². The van der Waals surface area contributed by atoms with Crippen LogP contribution in [0.15, 0.2) is 58.5 Å². The molecule has 1 aromatic heterocycles. The normalized spacial score (nSPS) is 14.8. The average molecular weight is 493 g/mol. The Bertz CT molecular complexity index is 1410. The molecular weight excluding hydrogens is 472 g/mol. The highest BCUT2D eigenvalue weighted by Gasteiger charge is 2.36. The molecule has 10 heteroatoms. The predicted molar refractivity (Wildman–Crippen MR) is 132 cm³/mol. The first kappa shape index (κ1) is 23.7. The number of carboxylic acids is 1. The standard InChI is InChI=1S/C25H20N2O7S/c1-13-4-5-14(24(30)31)10-17(13)20-9-7-16(34-20)11-18-22(28)26-25(35)27(23(18)29)19-8-6-15(32-2)12-21(19)33-3/h4-12H,1-3H3,(H,30,31)(H,26,28,35)/b18-11+. The second-order valence-corrected chi connectivity index (χ2v) is 7.92. The molecule has 2 amide bonds. The third-order valence-corrected chi connectivity index (χ3v) is 5.68. The van der Waals surface area contributed by atoms with Crippen LogP contribution in [-0.2, 0) is 9.59 Å². The average Bonchev–Trinajstić information content (AvgIpc) is 3.30. The number of carbonyl (C=O) groups excluding carboxylic acids is 2. The molecule has 2 N–H and O–H groups in total. The van der Waals surface area contributed by atoms with Crippen molar-refractivity contribution in [2.75, 3.05) is 19.1 Å². The van der Waals surface area contributed by atoms with Gasteiger partial charge in [0, 0.05) is 11.6 Å². The minimum atomic E-state index is -1.06. The number of anilines is 1. The van der Waals surface area contributed by atoms with Gasteiger partial charge in [0.25, 0.3) is 11.8 Å². The second kappa shape index (κ2) is 9.43. The lowest BCUT2D eigenvalue weighted by molar-refractivity contribution is -0.122. The molecule has 1 saturated heterocycles. The van der Waals surface area contributed by atoms with Gasteiger partial charge in [-0.05, 0) is 67.2 Å². The quantitative estimate of drug-likeness (QED) is 0.303. The molecule has 4 rings (SSSR count). The number of furan rings is 1. The van der Waals surface area contributed by atoms with Crippen molar-refractivity contribution in [2.45, 2.75) is 6.92 Å². The highest BCUT2D eigenvalue weighted by atomic mass is 32.1. The van der Waals surface area contributed by atoms with Crippen LogP contribution >= 0.6 is 12.2 Å². The summed E-state index contributed by atoms with van der Waals surface area (Å²) in [5.41, 5.74) is 1.63. The molecule has 9 nitrogen and oxygen atoms in total. The van der Waals surface area contributed by atoms with E-state index in [9.17, 15) is 19.5 Å². The van der Waals surface area contributed by atoms with E-state index >= 15 is 0 Å². The van der Waals surface area contributed by atoms with E-state index in [2.05, 4.69) is 5.32 Å². The number of aryl methyl sites for hydroxylation is 1. The number of hydrogen-bond acceptors (Lipinski definition) is 7. The fraction of sp³-hybridized carbons (Fsp3) is 0.120. The van der Waals surface area contributed by atoms with Gasteiger partial charge in [0.1, 0.15) is 28.6 Å². The summed E-state index contributed by atoms with van der Waals surface area (Å²) in [5.74, 6) is -0.932. The van der Waals surface area contributed by atoms with E-state index in [1.807, 2.05) is 6.92 Å². The highest BCUT2D eigenvalue weighted by molar-refractivity contribution is 7.80. The minimum Gasteiger partial charge on any atom is -0.497 e. The summed E-state index contributed by atoms with van der Waals surface area (Å²) in [6.45, 7) is 1.82. The number of hydrogen-bond donors (Lipinski definition) is 2. The molecule has 0 aliphatic carbocycles. The Morgan fingerprint density at radius 2 is 1.86 bits per heavy atom. The summed E-state index contributed by atoms with van der Waals surface area (Å²) < 4.78 is 16.4. The van der Waals surface area contributed by atoms with Crippen LogP contribution in [0.4, 0.5) is 5.69 Å². The maximum atomic E-state index is 13.3. The van der Waals surface area contributed by atoms with Crippen LogP contribution in [0.3, 0.4) is 0 Å². The number of benzene rings is 2. The van der Waals surface area contributed by atoms with Crippen LogP contribution in [0.1, 0.15) is 21.7 Å². The molecule has 2 aromatic carbocycles. The zero-order chi connectivity index (χ0) is 25.3. The molecule has 0 unspecified atom stereocenters. The zero-order valence-electron chi connectivity index (χ0n) is 18.9. The Balaban J connectivity index is 1.71. The van der Waals surface area contributed by atoms with Crippen molar-refractivity contribution in [3.8, 4) is 22.8 Å². The SMILES string of the molecule is COc1ccc(N2C(=O)/C(=C/c3ccc(-c4cc(C(=O)O)ccc4C)o3)C(=O)NC2=S)c(OC)c1. The van der Waals surface area contributed by atoms with Crippen molar-refractivity contribution < 1.29 is 33.4 Å². The smallest absolute Gasteiger partial charge is 0.335 e. The van der Waals surface area contributed by atoms with Crippen LogP contribution in [0, 0.1) is 6.92 Å². The molecule has 1 fully saturated rings. The van der Waals surface area contributed by atoms with E-state index < -0.39 is 17.8 Å². The summed E-state index contributed by atoms with van der Waals surface area (Å²) in [4.78, 5) is 38.5. The number of aromatic carboxylic acids is 1. The monoisotopic (exact) mass is 492 g/mol. The molecule has 178 valence electrons. The number of carbonyl (C=O) groups is 3. The van der Waals surface area contributed by atoms with Crippen molar-refractivity contribution in [1.29, 1.82) is 0 Å². The zero-order valence-corrected chi connectivity index (χ0v) is 19.8. The summed E-state index contributed by atoms with van der Waals surface area (Å²) >= 11 is 5.25. The number of amides is 2. The molecule has 0 radical (unpaired) electrons. The highest BCUT2D eigenvalue weighted by Crippen LogP contribution is 2.35. The predicted octanol–water partition coefficient (Wildman–Crippen LogP) is 3.80. The van der Waals surface area contributed by atoms with Gasteiger partial charge in [-0.25, -0.2) is 9.69 Å². The molecule has 0 atom stereocenters. The van der Waals surface area contributed by atoms with Gasteiger partial charge in [-0.2, -0.15) is 0 Å². The summed E-state index contributed by atoms with van der Waals surface area (Å²) in [6.07, 6.45) is 1.31. The van der Waals surface area contributed by atoms with Gasteiger partial charge >= 0.3 is 5.97 Å². The number of carboxylic acid groups (broad SMARTS) is 1. The topological polar surface area (TPSA) is 118 Å². The lowest BCUT2D eigenvalue weighted by Crippen LogP contribution is -2.54.